The van der Waals surface area contributed by atoms with Gasteiger partial charge in [-0.05, 0) is 0 Å². The van der Waals surface area contributed by atoms with Gasteiger partial charge in [-0.1, -0.05) is 5.92 Å². The van der Waals surface area contributed by atoms with Crippen LogP contribution in [0, 0.1) is 12.3 Å². The first-order chi connectivity index (χ1) is 5.91. The monoisotopic (exact) mass is 171 g/mol. The van der Waals surface area contributed by atoms with Crippen molar-refractivity contribution in [3.63, 3.8) is 0 Å². The van der Waals surface area contributed by atoms with Crippen LogP contribution >= 0.6 is 0 Å². The number of terminal acetylenes is 1. The summed E-state index contributed by atoms with van der Waals surface area (Å²) in [7, 11) is 0. The molecular formula is C8H13NO3. The van der Waals surface area contributed by atoms with E-state index in [4.69, 9.17) is 15.9 Å². The Hall–Kier alpha value is -1.05. The van der Waals surface area contributed by atoms with Crippen molar-refractivity contribution in [3.8, 4) is 12.3 Å². The average molecular weight is 171 g/mol. The van der Waals surface area contributed by atoms with E-state index in [0.29, 0.717) is 39.4 Å². The van der Waals surface area contributed by atoms with Gasteiger partial charge >= 0.3 is 0 Å². The van der Waals surface area contributed by atoms with Gasteiger partial charge in [0.15, 0.2) is 0 Å². The fraction of sp³-hybridized carbons (Fsp3) is 0.625. The second-order valence-corrected chi connectivity index (χ2v) is 1.94. The molecule has 0 saturated heterocycles. The van der Waals surface area contributed by atoms with E-state index in [-0.39, 0.29) is 0 Å². The minimum Gasteiger partial charge on any atom is -0.377 e. The Bertz CT molecular complexity index is 142. The number of amides is 1. The van der Waals surface area contributed by atoms with E-state index in [2.05, 4.69) is 11.2 Å². The number of carbonyl (C=O) groups excluding carboxylic acids is 1. The van der Waals surface area contributed by atoms with Gasteiger partial charge in [-0.3, -0.25) is 4.79 Å². The summed E-state index contributed by atoms with van der Waals surface area (Å²) in [6.45, 7) is 2.33. The van der Waals surface area contributed by atoms with Crippen LogP contribution in [0.4, 0.5) is 0 Å². The van der Waals surface area contributed by atoms with Crippen LogP contribution in [-0.2, 0) is 14.3 Å². The standard InChI is InChI=1S/C8H13NO3/c1-2-4-11-6-7-12-5-3-9-8-10/h1,8H,3-7H2,(H,9,10). The Balaban J connectivity index is 2.82. The van der Waals surface area contributed by atoms with E-state index in [1.54, 1.807) is 0 Å². The van der Waals surface area contributed by atoms with Crippen LogP contribution in [0.1, 0.15) is 0 Å². The van der Waals surface area contributed by atoms with Crippen LogP contribution < -0.4 is 5.32 Å². The number of nitrogens with one attached hydrogen (secondary N) is 1. The van der Waals surface area contributed by atoms with Crippen molar-refractivity contribution < 1.29 is 14.3 Å². The maximum Gasteiger partial charge on any atom is 0.207 e. The van der Waals surface area contributed by atoms with Crippen LogP contribution in [0.3, 0.4) is 0 Å². The molecule has 4 nitrogen and oxygen atoms in total. The van der Waals surface area contributed by atoms with Crippen LogP contribution in [0.5, 0.6) is 0 Å². The minimum atomic E-state index is 0.315. The fourth-order valence-electron chi connectivity index (χ4n) is 0.541. The van der Waals surface area contributed by atoms with Gasteiger partial charge in [0.05, 0.1) is 19.8 Å². The summed E-state index contributed by atoms with van der Waals surface area (Å²) in [6.07, 6.45) is 5.58. The van der Waals surface area contributed by atoms with Crippen LogP contribution in [-0.4, -0.2) is 39.4 Å². The Morgan fingerprint density at radius 1 is 1.33 bits per heavy atom. The van der Waals surface area contributed by atoms with Crippen molar-refractivity contribution in [1.82, 2.24) is 5.32 Å². The second-order valence-electron chi connectivity index (χ2n) is 1.94. The van der Waals surface area contributed by atoms with Crippen LogP contribution in [0.25, 0.3) is 0 Å². The third kappa shape index (κ3) is 8.95. The zero-order valence-electron chi connectivity index (χ0n) is 6.91. The van der Waals surface area contributed by atoms with Gasteiger partial charge in [0, 0.05) is 6.54 Å². The van der Waals surface area contributed by atoms with Gasteiger partial charge in [-0.25, -0.2) is 0 Å². The molecule has 1 N–H and O–H groups in total. The third-order valence-electron chi connectivity index (χ3n) is 1.03. The number of carbonyl (C=O) groups is 1. The summed E-state index contributed by atoms with van der Waals surface area (Å²) in [5.41, 5.74) is 0. The molecule has 0 rings (SSSR count). The van der Waals surface area contributed by atoms with Crippen molar-refractivity contribution in [1.29, 1.82) is 0 Å². The molecule has 0 aliphatic rings. The first-order valence-corrected chi connectivity index (χ1v) is 3.67. The highest BCUT2D eigenvalue weighted by atomic mass is 16.5. The third-order valence-corrected chi connectivity index (χ3v) is 1.03. The predicted molar refractivity (Wildman–Crippen MR) is 44.5 cm³/mol. The van der Waals surface area contributed by atoms with Gasteiger partial charge in [0.25, 0.3) is 0 Å². The highest BCUT2D eigenvalue weighted by molar-refractivity contribution is 5.45. The fourth-order valence-corrected chi connectivity index (χ4v) is 0.541. The summed E-state index contributed by atoms with van der Waals surface area (Å²) >= 11 is 0. The molecule has 12 heavy (non-hydrogen) atoms. The Labute approximate surface area is 72.2 Å². The highest BCUT2D eigenvalue weighted by Crippen LogP contribution is 1.76. The van der Waals surface area contributed by atoms with Crippen molar-refractivity contribution in [3.05, 3.63) is 0 Å². The molecule has 0 aliphatic heterocycles. The maximum absolute atomic E-state index is 9.77. The van der Waals surface area contributed by atoms with Crippen molar-refractivity contribution >= 4 is 6.41 Å². The van der Waals surface area contributed by atoms with Gasteiger partial charge in [0.1, 0.15) is 6.61 Å². The molecule has 0 aromatic heterocycles. The molecule has 4 heteroatoms. The molecule has 0 heterocycles. The molecule has 0 radical (unpaired) electrons. The molecule has 0 saturated carbocycles. The smallest absolute Gasteiger partial charge is 0.207 e. The summed E-state index contributed by atoms with van der Waals surface area (Å²) < 4.78 is 10.0. The molecule has 0 aliphatic carbocycles. The molecular weight excluding hydrogens is 158 g/mol. The van der Waals surface area contributed by atoms with E-state index in [0.717, 1.165) is 0 Å². The van der Waals surface area contributed by atoms with E-state index in [9.17, 15) is 4.79 Å². The summed E-state index contributed by atoms with van der Waals surface area (Å²) in [5, 5.41) is 2.47. The first kappa shape index (κ1) is 11.0. The Morgan fingerprint density at radius 2 is 2.08 bits per heavy atom. The molecule has 0 aromatic rings. The lowest BCUT2D eigenvalue weighted by molar-refractivity contribution is -0.109. The predicted octanol–water partition coefficient (Wildman–Crippen LogP) is -0.601. The summed E-state index contributed by atoms with van der Waals surface area (Å²) in [6, 6.07) is 0. The van der Waals surface area contributed by atoms with Crippen LogP contribution in [0.15, 0.2) is 0 Å². The molecule has 68 valence electrons. The van der Waals surface area contributed by atoms with E-state index in [1.807, 2.05) is 0 Å². The van der Waals surface area contributed by atoms with Crippen LogP contribution in [0.2, 0.25) is 0 Å². The summed E-state index contributed by atoms with van der Waals surface area (Å²) in [5.74, 6) is 2.34. The Kier molecular flexibility index (Phi) is 9.08. The lowest BCUT2D eigenvalue weighted by Gasteiger charge is -2.02. The minimum absolute atomic E-state index is 0.315. The number of hydrogen-bond donors (Lipinski definition) is 1. The van der Waals surface area contributed by atoms with Crippen molar-refractivity contribution in [2.24, 2.45) is 0 Å². The molecule has 0 spiro atoms. The van der Waals surface area contributed by atoms with Crippen molar-refractivity contribution in [2.45, 2.75) is 0 Å². The van der Waals surface area contributed by atoms with E-state index >= 15 is 0 Å². The zero-order valence-corrected chi connectivity index (χ0v) is 6.91. The largest absolute Gasteiger partial charge is 0.377 e. The van der Waals surface area contributed by atoms with Crippen molar-refractivity contribution in [2.75, 3.05) is 33.0 Å². The molecule has 0 fully saturated rings. The first-order valence-electron chi connectivity index (χ1n) is 3.67. The van der Waals surface area contributed by atoms with E-state index < -0.39 is 0 Å². The van der Waals surface area contributed by atoms with E-state index in [1.165, 1.54) is 0 Å². The van der Waals surface area contributed by atoms with Gasteiger partial charge < -0.3 is 14.8 Å². The van der Waals surface area contributed by atoms with Gasteiger partial charge in [-0.15, -0.1) is 6.42 Å². The lowest BCUT2D eigenvalue weighted by atomic mass is 10.6. The summed E-state index contributed by atoms with van der Waals surface area (Å²) in [4.78, 5) is 9.77. The number of rotatable bonds is 8. The average Bonchev–Trinajstić information content (AvgIpc) is 2.10. The zero-order chi connectivity index (χ0) is 9.07. The Morgan fingerprint density at radius 3 is 2.75 bits per heavy atom. The maximum atomic E-state index is 9.77. The van der Waals surface area contributed by atoms with Gasteiger partial charge in [-0.2, -0.15) is 0 Å². The molecule has 0 unspecified atom stereocenters. The number of ether oxygens (including phenoxy) is 2. The molecule has 0 atom stereocenters. The molecule has 1 amide bonds. The van der Waals surface area contributed by atoms with Gasteiger partial charge in [0.2, 0.25) is 6.41 Å². The normalized spacial score (nSPS) is 8.92. The highest BCUT2D eigenvalue weighted by Gasteiger charge is 1.87. The quantitative estimate of drug-likeness (QED) is 0.301. The molecule has 0 bridgehead atoms. The second kappa shape index (κ2) is 9.95. The lowest BCUT2D eigenvalue weighted by Crippen LogP contribution is -2.18. The number of hydrogen-bond acceptors (Lipinski definition) is 3. The topological polar surface area (TPSA) is 47.6 Å². The SMILES string of the molecule is C#CCOCCOCCNC=O. The molecule has 0 aromatic carbocycles.